The summed E-state index contributed by atoms with van der Waals surface area (Å²) < 4.78 is 16.5. The van der Waals surface area contributed by atoms with Gasteiger partial charge in [0.25, 0.3) is 0 Å². The molecule has 0 amide bonds. The lowest BCUT2D eigenvalue weighted by Crippen LogP contribution is -2.30. The van der Waals surface area contributed by atoms with Crippen molar-refractivity contribution in [1.82, 2.24) is 0 Å². The Morgan fingerprint density at radius 1 is 1.13 bits per heavy atom. The van der Waals surface area contributed by atoms with E-state index in [4.69, 9.17) is 14.2 Å². The average molecular weight is 216 g/mol. The van der Waals surface area contributed by atoms with Gasteiger partial charge in [-0.2, -0.15) is 0 Å². The normalized spacial score (nSPS) is 21.8. The molecule has 3 nitrogen and oxygen atoms in total. The summed E-state index contributed by atoms with van der Waals surface area (Å²) in [4.78, 5) is 0. The second kappa shape index (κ2) is 4.81. The molecule has 1 heterocycles. The van der Waals surface area contributed by atoms with Crippen LogP contribution in [0, 0.1) is 0 Å². The van der Waals surface area contributed by atoms with Crippen molar-refractivity contribution in [3.63, 3.8) is 0 Å². The van der Waals surface area contributed by atoms with Crippen molar-refractivity contribution >= 4 is 0 Å². The molecule has 0 saturated carbocycles. The third-order valence-electron chi connectivity index (χ3n) is 2.30. The molecule has 0 N–H and O–H groups in total. The van der Waals surface area contributed by atoms with Crippen LogP contribution in [0.1, 0.15) is 41.0 Å². The second-order valence-corrected chi connectivity index (χ2v) is 5.74. The summed E-state index contributed by atoms with van der Waals surface area (Å²) in [6.07, 6.45) is 1.25. The first-order valence-electron chi connectivity index (χ1n) is 5.68. The molecule has 0 spiro atoms. The molecule has 1 atom stereocenters. The van der Waals surface area contributed by atoms with Crippen LogP contribution in [0.25, 0.3) is 0 Å². The predicted molar refractivity (Wildman–Crippen MR) is 60.1 cm³/mol. The van der Waals surface area contributed by atoms with E-state index in [1.807, 2.05) is 0 Å². The fourth-order valence-electron chi connectivity index (χ4n) is 1.16. The number of rotatable bonds is 6. The molecule has 15 heavy (non-hydrogen) atoms. The quantitative estimate of drug-likeness (QED) is 0.639. The van der Waals surface area contributed by atoms with Crippen molar-refractivity contribution in [2.75, 3.05) is 19.8 Å². The third-order valence-corrected chi connectivity index (χ3v) is 2.30. The van der Waals surface area contributed by atoms with Gasteiger partial charge in [-0.05, 0) is 41.0 Å². The Balaban J connectivity index is 2.11. The van der Waals surface area contributed by atoms with Crippen LogP contribution in [0.5, 0.6) is 0 Å². The molecule has 3 heteroatoms. The van der Waals surface area contributed by atoms with Gasteiger partial charge in [0.05, 0.1) is 24.4 Å². The van der Waals surface area contributed by atoms with E-state index in [2.05, 4.69) is 34.6 Å². The summed E-state index contributed by atoms with van der Waals surface area (Å²) in [5.41, 5.74) is -0.174. The Bertz CT molecular complexity index is 190. The fraction of sp³-hybridized carbons (Fsp3) is 1.00. The van der Waals surface area contributed by atoms with Gasteiger partial charge in [0.2, 0.25) is 0 Å². The maximum atomic E-state index is 5.76. The van der Waals surface area contributed by atoms with E-state index < -0.39 is 0 Å². The van der Waals surface area contributed by atoms with Gasteiger partial charge in [0.1, 0.15) is 6.10 Å². The monoisotopic (exact) mass is 216 g/mol. The minimum absolute atomic E-state index is 0.0598. The first-order valence-corrected chi connectivity index (χ1v) is 5.68. The number of hydrogen-bond acceptors (Lipinski definition) is 3. The van der Waals surface area contributed by atoms with Crippen LogP contribution in [-0.2, 0) is 14.2 Å². The van der Waals surface area contributed by atoms with E-state index in [0.29, 0.717) is 12.7 Å². The lowest BCUT2D eigenvalue weighted by molar-refractivity contribution is -0.0695. The average Bonchev–Trinajstić information content (AvgIpc) is 2.80. The van der Waals surface area contributed by atoms with Gasteiger partial charge < -0.3 is 14.2 Å². The Labute approximate surface area is 93.1 Å². The van der Waals surface area contributed by atoms with Gasteiger partial charge >= 0.3 is 0 Å². The largest absolute Gasteiger partial charge is 0.376 e. The Morgan fingerprint density at radius 2 is 1.73 bits per heavy atom. The zero-order valence-corrected chi connectivity index (χ0v) is 10.6. The molecule has 1 fully saturated rings. The van der Waals surface area contributed by atoms with E-state index in [-0.39, 0.29) is 11.2 Å². The van der Waals surface area contributed by atoms with Gasteiger partial charge in [-0.1, -0.05) is 0 Å². The maximum Gasteiger partial charge on any atom is 0.104 e. The van der Waals surface area contributed by atoms with Gasteiger partial charge in [-0.15, -0.1) is 0 Å². The predicted octanol–water partition coefficient (Wildman–Crippen LogP) is 2.39. The highest BCUT2D eigenvalue weighted by molar-refractivity contribution is 4.74. The molecule has 0 radical (unpaired) electrons. The summed E-state index contributed by atoms with van der Waals surface area (Å²) in [6, 6.07) is 0. The molecule has 1 aliphatic rings. The van der Waals surface area contributed by atoms with Crippen LogP contribution in [-0.4, -0.2) is 37.1 Å². The van der Waals surface area contributed by atoms with E-state index in [0.717, 1.165) is 19.6 Å². The van der Waals surface area contributed by atoms with Crippen molar-refractivity contribution < 1.29 is 14.2 Å². The SMILES string of the molecule is CC(C)(C)OCCC(C)(C)OCC1CO1. The van der Waals surface area contributed by atoms with Gasteiger partial charge in [-0.3, -0.25) is 0 Å². The van der Waals surface area contributed by atoms with E-state index >= 15 is 0 Å². The zero-order valence-electron chi connectivity index (χ0n) is 10.6. The maximum absolute atomic E-state index is 5.76. The summed E-state index contributed by atoms with van der Waals surface area (Å²) >= 11 is 0. The molecule has 90 valence electrons. The summed E-state index contributed by atoms with van der Waals surface area (Å²) in [5, 5.41) is 0. The van der Waals surface area contributed by atoms with E-state index in [1.165, 1.54) is 0 Å². The lowest BCUT2D eigenvalue weighted by Gasteiger charge is -2.27. The van der Waals surface area contributed by atoms with Crippen molar-refractivity contribution in [2.24, 2.45) is 0 Å². The van der Waals surface area contributed by atoms with E-state index in [1.54, 1.807) is 0 Å². The lowest BCUT2D eigenvalue weighted by atomic mass is 10.1. The Morgan fingerprint density at radius 3 is 2.20 bits per heavy atom. The first kappa shape index (κ1) is 12.9. The van der Waals surface area contributed by atoms with Crippen molar-refractivity contribution in [2.45, 2.75) is 58.3 Å². The van der Waals surface area contributed by atoms with Gasteiger partial charge in [0, 0.05) is 6.61 Å². The van der Waals surface area contributed by atoms with Crippen LogP contribution in [0.4, 0.5) is 0 Å². The highest BCUT2D eigenvalue weighted by Crippen LogP contribution is 2.19. The highest BCUT2D eigenvalue weighted by atomic mass is 16.6. The van der Waals surface area contributed by atoms with Gasteiger partial charge in [-0.25, -0.2) is 0 Å². The minimum atomic E-state index is -0.114. The minimum Gasteiger partial charge on any atom is -0.376 e. The molecular formula is C12H24O3. The molecule has 1 aliphatic heterocycles. The summed E-state index contributed by atoms with van der Waals surface area (Å²) in [7, 11) is 0. The first-order chi connectivity index (χ1) is 6.79. The smallest absolute Gasteiger partial charge is 0.104 e. The fourth-order valence-corrected chi connectivity index (χ4v) is 1.16. The van der Waals surface area contributed by atoms with Crippen LogP contribution < -0.4 is 0 Å². The molecule has 1 saturated heterocycles. The van der Waals surface area contributed by atoms with Crippen LogP contribution in [0.15, 0.2) is 0 Å². The molecule has 0 aromatic carbocycles. The molecule has 1 rings (SSSR count). The summed E-state index contributed by atoms with van der Waals surface area (Å²) in [5.74, 6) is 0. The van der Waals surface area contributed by atoms with Crippen molar-refractivity contribution in [3.8, 4) is 0 Å². The third kappa shape index (κ3) is 6.88. The topological polar surface area (TPSA) is 31.0 Å². The van der Waals surface area contributed by atoms with Crippen molar-refractivity contribution in [3.05, 3.63) is 0 Å². The Kier molecular flexibility index (Phi) is 4.15. The van der Waals surface area contributed by atoms with Crippen LogP contribution in [0.2, 0.25) is 0 Å². The molecular weight excluding hydrogens is 192 g/mol. The highest BCUT2D eigenvalue weighted by Gasteiger charge is 2.27. The number of ether oxygens (including phenoxy) is 3. The summed E-state index contributed by atoms with van der Waals surface area (Å²) in [6.45, 7) is 12.7. The molecule has 0 aliphatic carbocycles. The standard InChI is InChI=1S/C12H24O3/c1-11(2,3)14-7-6-12(4,5)15-9-10-8-13-10/h10H,6-9H2,1-5H3. The number of hydrogen-bond donors (Lipinski definition) is 0. The van der Waals surface area contributed by atoms with Gasteiger partial charge in [0.15, 0.2) is 0 Å². The molecule has 0 aromatic rings. The van der Waals surface area contributed by atoms with E-state index in [9.17, 15) is 0 Å². The van der Waals surface area contributed by atoms with Crippen LogP contribution >= 0.6 is 0 Å². The molecule has 1 unspecified atom stereocenters. The molecule has 0 aromatic heterocycles. The zero-order chi connectivity index (χ0) is 11.5. The van der Waals surface area contributed by atoms with Crippen molar-refractivity contribution in [1.29, 1.82) is 0 Å². The second-order valence-electron chi connectivity index (χ2n) is 5.74. The molecule has 0 bridgehead atoms. The van der Waals surface area contributed by atoms with Crippen LogP contribution in [0.3, 0.4) is 0 Å². The number of epoxide rings is 1. The Hall–Kier alpha value is -0.120.